The standard InChI is InChI=1S/C16H15BrClF/c1-9-6-10(2)15(11(3)7-9)16(17)12-4-5-13(18)14(19)8-12/h4-8,16H,1-3H3. The van der Waals surface area contributed by atoms with E-state index in [1.807, 2.05) is 6.07 Å². The third-order valence-corrected chi connectivity index (χ3v) is 4.52. The van der Waals surface area contributed by atoms with Gasteiger partial charge in [0, 0.05) is 0 Å². The summed E-state index contributed by atoms with van der Waals surface area (Å²) in [4.78, 5) is -0.0279. The predicted octanol–water partition coefficient (Wildman–Crippen LogP) is 5.89. The Morgan fingerprint density at radius 1 is 1.05 bits per heavy atom. The van der Waals surface area contributed by atoms with Crippen LogP contribution in [-0.2, 0) is 0 Å². The fourth-order valence-corrected chi connectivity index (χ4v) is 3.55. The number of hydrogen-bond acceptors (Lipinski definition) is 0. The normalized spacial score (nSPS) is 12.5. The second-order valence-corrected chi connectivity index (χ2v) is 6.17. The number of benzene rings is 2. The topological polar surface area (TPSA) is 0 Å². The Labute approximate surface area is 126 Å². The minimum atomic E-state index is -0.383. The summed E-state index contributed by atoms with van der Waals surface area (Å²) >= 11 is 9.39. The Kier molecular flexibility index (Phi) is 4.32. The summed E-state index contributed by atoms with van der Waals surface area (Å²) in [6.45, 7) is 6.24. The zero-order valence-electron chi connectivity index (χ0n) is 11.1. The number of rotatable bonds is 2. The van der Waals surface area contributed by atoms with Crippen LogP contribution in [0.4, 0.5) is 4.39 Å². The molecule has 0 saturated carbocycles. The van der Waals surface area contributed by atoms with Crippen molar-refractivity contribution in [3.8, 4) is 0 Å². The molecule has 0 aliphatic carbocycles. The first-order valence-electron chi connectivity index (χ1n) is 6.07. The highest BCUT2D eigenvalue weighted by Gasteiger charge is 2.16. The lowest BCUT2D eigenvalue weighted by Crippen LogP contribution is -2.00. The van der Waals surface area contributed by atoms with Crippen molar-refractivity contribution >= 4 is 27.5 Å². The molecule has 0 fully saturated rings. The summed E-state index contributed by atoms with van der Waals surface area (Å²) in [5.74, 6) is -0.383. The van der Waals surface area contributed by atoms with Gasteiger partial charge in [-0.05, 0) is 55.2 Å². The summed E-state index contributed by atoms with van der Waals surface area (Å²) in [6.07, 6.45) is 0. The second kappa shape index (κ2) is 5.64. The van der Waals surface area contributed by atoms with Crippen molar-refractivity contribution in [1.82, 2.24) is 0 Å². The third kappa shape index (κ3) is 3.01. The van der Waals surface area contributed by atoms with Gasteiger partial charge >= 0.3 is 0 Å². The molecular formula is C16H15BrClF. The van der Waals surface area contributed by atoms with Gasteiger partial charge in [0.2, 0.25) is 0 Å². The highest BCUT2D eigenvalue weighted by Crippen LogP contribution is 2.36. The van der Waals surface area contributed by atoms with Crippen LogP contribution in [0.5, 0.6) is 0 Å². The van der Waals surface area contributed by atoms with E-state index in [1.54, 1.807) is 6.07 Å². The summed E-state index contributed by atoms with van der Waals surface area (Å²) in [6, 6.07) is 9.22. The Morgan fingerprint density at radius 3 is 2.16 bits per heavy atom. The van der Waals surface area contributed by atoms with Crippen molar-refractivity contribution in [3.05, 3.63) is 69.0 Å². The second-order valence-electron chi connectivity index (χ2n) is 4.85. The van der Waals surface area contributed by atoms with Crippen LogP contribution in [0.3, 0.4) is 0 Å². The van der Waals surface area contributed by atoms with Gasteiger partial charge in [-0.1, -0.05) is 51.3 Å². The fraction of sp³-hybridized carbons (Fsp3) is 0.250. The molecule has 0 aliphatic heterocycles. The van der Waals surface area contributed by atoms with Crippen LogP contribution >= 0.6 is 27.5 Å². The fourth-order valence-electron chi connectivity index (χ4n) is 2.43. The molecule has 0 aliphatic rings. The van der Waals surface area contributed by atoms with Crippen LogP contribution in [0.25, 0.3) is 0 Å². The lowest BCUT2D eigenvalue weighted by molar-refractivity contribution is 0.626. The molecular weight excluding hydrogens is 327 g/mol. The SMILES string of the molecule is Cc1cc(C)c(C(Br)c2ccc(Cl)c(F)c2)c(C)c1. The average molecular weight is 342 g/mol. The minimum Gasteiger partial charge on any atom is -0.205 e. The maximum atomic E-state index is 13.6. The van der Waals surface area contributed by atoms with Gasteiger partial charge in [0.15, 0.2) is 0 Å². The van der Waals surface area contributed by atoms with Crippen LogP contribution < -0.4 is 0 Å². The largest absolute Gasteiger partial charge is 0.205 e. The quantitative estimate of drug-likeness (QED) is 0.598. The zero-order chi connectivity index (χ0) is 14.2. The van der Waals surface area contributed by atoms with Gasteiger partial charge in [0.05, 0.1) is 9.85 Å². The Hall–Kier alpha value is -0.860. The molecule has 2 aromatic carbocycles. The average Bonchev–Trinajstić information content (AvgIpc) is 2.31. The van der Waals surface area contributed by atoms with Crippen LogP contribution in [0, 0.1) is 26.6 Å². The monoisotopic (exact) mass is 340 g/mol. The maximum absolute atomic E-state index is 13.6. The molecule has 0 bridgehead atoms. The van der Waals surface area contributed by atoms with Crippen molar-refractivity contribution in [2.75, 3.05) is 0 Å². The molecule has 0 spiro atoms. The van der Waals surface area contributed by atoms with Gasteiger partial charge in [0.1, 0.15) is 5.82 Å². The van der Waals surface area contributed by atoms with Gasteiger partial charge in [-0.3, -0.25) is 0 Å². The van der Waals surface area contributed by atoms with Crippen molar-refractivity contribution in [1.29, 1.82) is 0 Å². The summed E-state index contributed by atoms with van der Waals surface area (Å²) in [5.41, 5.74) is 5.70. The maximum Gasteiger partial charge on any atom is 0.142 e. The first-order valence-corrected chi connectivity index (χ1v) is 7.36. The highest BCUT2D eigenvalue weighted by atomic mass is 79.9. The minimum absolute atomic E-state index is 0.0279. The summed E-state index contributed by atoms with van der Waals surface area (Å²) in [5, 5.41) is 0.154. The molecule has 1 unspecified atom stereocenters. The van der Waals surface area contributed by atoms with Crippen LogP contribution in [-0.4, -0.2) is 0 Å². The molecule has 0 nitrogen and oxygen atoms in total. The molecule has 2 aromatic rings. The molecule has 19 heavy (non-hydrogen) atoms. The molecule has 0 N–H and O–H groups in total. The number of alkyl halides is 1. The summed E-state index contributed by atoms with van der Waals surface area (Å²) in [7, 11) is 0. The van der Waals surface area contributed by atoms with E-state index in [0.717, 1.165) is 5.56 Å². The van der Waals surface area contributed by atoms with Crippen molar-refractivity contribution < 1.29 is 4.39 Å². The van der Waals surface area contributed by atoms with Crippen molar-refractivity contribution in [2.24, 2.45) is 0 Å². The van der Waals surface area contributed by atoms with Crippen LogP contribution in [0.15, 0.2) is 30.3 Å². The molecule has 0 saturated heterocycles. The van der Waals surface area contributed by atoms with E-state index in [2.05, 4.69) is 48.8 Å². The molecule has 1 atom stereocenters. The van der Waals surface area contributed by atoms with E-state index in [1.165, 1.54) is 28.3 Å². The van der Waals surface area contributed by atoms with E-state index in [-0.39, 0.29) is 15.7 Å². The Balaban J connectivity index is 2.49. The smallest absolute Gasteiger partial charge is 0.142 e. The van der Waals surface area contributed by atoms with E-state index in [0.29, 0.717) is 0 Å². The van der Waals surface area contributed by atoms with Crippen molar-refractivity contribution in [2.45, 2.75) is 25.6 Å². The lowest BCUT2D eigenvalue weighted by atomic mass is 9.94. The molecule has 3 heteroatoms. The van der Waals surface area contributed by atoms with Gasteiger partial charge in [0.25, 0.3) is 0 Å². The van der Waals surface area contributed by atoms with E-state index >= 15 is 0 Å². The van der Waals surface area contributed by atoms with E-state index in [4.69, 9.17) is 11.6 Å². The van der Waals surface area contributed by atoms with Gasteiger partial charge in [-0.2, -0.15) is 0 Å². The van der Waals surface area contributed by atoms with Crippen LogP contribution in [0.2, 0.25) is 5.02 Å². The van der Waals surface area contributed by atoms with Gasteiger partial charge < -0.3 is 0 Å². The highest BCUT2D eigenvalue weighted by molar-refractivity contribution is 9.09. The molecule has 2 rings (SSSR count). The first-order chi connectivity index (χ1) is 8.90. The van der Waals surface area contributed by atoms with Crippen molar-refractivity contribution in [3.63, 3.8) is 0 Å². The number of aryl methyl sites for hydroxylation is 3. The van der Waals surface area contributed by atoms with Gasteiger partial charge in [-0.25, -0.2) is 4.39 Å². The molecule has 0 amide bonds. The molecule has 100 valence electrons. The van der Waals surface area contributed by atoms with Crippen LogP contribution in [0.1, 0.15) is 32.6 Å². The molecule has 0 aromatic heterocycles. The van der Waals surface area contributed by atoms with E-state index in [9.17, 15) is 4.39 Å². The van der Waals surface area contributed by atoms with E-state index < -0.39 is 0 Å². The zero-order valence-corrected chi connectivity index (χ0v) is 13.4. The molecule has 0 radical (unpaired) electrons. The number of hydrogen-bond donors (Lipinski definition) is 0. The number of halogens is 3. The lowest BCUT2D eigenvalue weighted by Gasteiger charge is -2.17. The first kappa shape index (κ1) is 14.5. The predicted molar refractivity (Wildman–Crippen MR) is 82.8 cm³/mol. The Morgan fingerprint density at radius 2 is 1.63 bits per heavy atom. The Bertz CT molecular complexity index is 599. The summed E-state index contributed by atoms with van der Waals surface area (Å²) < 4.78 is 13.6. The molecule has 0 heterocycles. The third-order valence-electron chi connectivity index (χ3n) is 3.23. The van der Waals surface area contributed by atoms with Gasteiger partial charge in [-0.15, -0.1) is 0 Å².